The molecule has 4 nitrogen and oxygen atoms in total. The maximum absolute atomic E-state index is 12.6. The number of aromatic nitrogens is 1. The van der Waals surface area contributed by atoms with E-state index in [2.05, 4.69) is 4.98 Å². The summed E-state index contributed by atoms with van der Waals surface area (Å²) < 4.78 is 10.5. The number of hydrogen-bond donors (Lipinski definition) is 1. The van der Waals surface area contributed by atoms with Gasteiger partial charge in [-0.2, -0.15) is 0 Å². The molecule has 1 N–H and O–H groups in total. The van der Waals surface area contributed by atoms with E-state index in [1.54, 1.807) is 32.4 Å². The summed E-state index contributed by atoms with van der Waals surface area (Å²) in [4.78, 5) is 15.7. The molecule has 0 atom stereocenters. The number of benzene rings is 2. The second kappa shape index (κ2) is 5.32. The first kappa shape index (κ1) is 13.2. The summed E-state index contributed by atoms with van der Waals surface area (Å²) >= 11 is 0. The molecule has 0 fully saturated rings. The Bertz CT molecular complexity index is 805. The number of fused-ring (bicyclic) bond motifs is 1. The van der Waals surface area contributed by atoms with Crippen molar-refractivity contribution in [2.45, 2.75) is 0 Å². The van der Waals surface area contributed by atoms with Gasteiger partial charge < -0.3 is 14.5 Å². The highest BCUT2D eigenvalue weighted by atomic mass is 16.5. The van der Waals surface area contributed by atoms with Gasteiger partial charge in [-0.05, 0) is 30.3 Å². The lowest BCUT2D eigenvalue weighted by Gasteiger charge is -2.02. The van der Waals surface area contributed by atoms with Crippen LogP contribution < -0.4 is 9.47 Å². The van der Waals surface area contributed by atoms with Crippen molar-refractivity contribution in [3.63, 3.8) is 0 Å². The summed E-state index contributed by atoms with van der Waals surface area (Å²) in [5.41, 5.74) is 1.99. The van der Waals surface area contributed by atoms with E-state index in [0.29, 0.717) is 17.0 Å². The molecule has 3 aromatic rings. The van der Waals surface area contributed by atoms with Crippen LogP contribution in [0.5, 0.6) is 11.5 Å². The molecule has 0 saturated heterocycles. The molecule has 0 amide bonds. The molecule has 0 aliphatic carbocycles. The Morgan fingerprint density at radius 2 is 1.81 bits per heavy atom. The molecule has 4 heteroatoms. The average molecular weight is 281 g/mol. The van der Waals surface area contributed by atoms with E-state index in [4.69, 9.17) is 9.47 Å². The fourth-order valence-electron chi connectivity index (χ4n) is 2.35. The molecular weight excluding hydrogens is 266 g/mol. The lowest BCUT2D eigenvalue weighted by Crippen LogP contribution is -2.01. The zero-order chi connectivity index (χ0) is 14.8. The molecule has 1 heterocycles. The zero-order valence-corrected chi connectivity index (χ0v) is 11.8. The molecule has 2 aromatic carbocycles. The number of hydrogen-bond acceptors (Lipinski definition) is 3. The zero-order valence-electron chi connectivity index (χ0n) is 11.8. The topological polar surface area (TPSA) is 51.3 Å². The predicted molar refractivity (Wildman–Crippen MR) is 81.3 cm³/mol. The van der Waals surface area contributed by atoms with Gasteiger partial charge in [0.25, 0.3) is 0 Å². The standard InChI is InChI=1S/C17H15NO3/c1-20-12-6-3-5-11(9-12)17(19)15-10-13-14(18-15)7-4-8-16(13)21-2/h3-10,18H,1-2H3. The molecule has 21 heavy (non-hydrogen) atoms. The predicted octanol–water partition coefficient (Wildman–Crippen LogP) is 3.42. The quantitative estimate of drug-likeness (QED) is 0.745. The van der Waals surface area contributed by atoms with Crippen molar-refractivity contribution in [2.75, 3.05) is 14.2 Å². The Morgan fingerprint density at radius 1 is 1.00 bits per heavy atom. The minimum absolute atomic E-state index is 0.0767. The highest BCUT2D eigenvalue weighted by Crippen LogP contribution is 2.27. The summed E-state index contributed by atoms with van der Waals surface area (Å²) in [5, 5.41) is 0.895. The van der Waals surface area contributed by atoms with Crippen molar-refractivity contribution in [2.24, 2.45) is 0 Å². The van der Waals surface area contributed by atoms with E-state index >= 15 is 0 Å². The van der Waals surface area contributed by atoms with E-state index in [-0.39, 0.29) is 5.78 Å². The lowest BCUT2D eigenvalue weighted by molar-refractivity contribution is 0.103. The summed E-state index contributed by atoms with van der Waals surface area (Å²) in [6.45, 7) is 0. The molecule has 0 spiro atoms. The molecular formula is C17H15NO3. The molecule has 0 aliphatic heterocycles. The Kier molecular flexibility index (Phi) is 3.36. The largest absolute Gasteiger partial charge is 0.497 e. The molecule has 0 aliphatic rings. The summed E-state index contributed by atoms with van der Waals surface area (Å²) in [6, 6.07) is 14.6. The van der Waals surface area contributed by atoms with Crippen LogP contribution in [0.25, 0.3) is 10.9 Å². The fraction of sp³-hybridized carbons (Fsp3) is 0.118. The molecule has 0 radical (unpaired) electrons. The Labute approximate surface area is 122 Å². The number of methoxy groups -OCH3 is 2. The van der Waals surface area contributed by atoms with Gasteiger partial charge in [-0.3, -0.25) is 4.79 Å². The van der Waals surface area contributed by atoms with Crippen LogP contribution in [0.15, 0.2) is 48.5 Å². The van der Waals surface area contributed by atoms with Gasteiger partial charge in [0.1, 0.15) is 11.5 Å². The number of aromatic amines is 1. The van der Waals surface area contributed by atoms with Crippen LogP contribution in [-0.2, 0) is 0 Å². The van der Waals surface area contributed by atoms with Gasteiger partial charge in [-0.15, -0.1) is 0 Å². The average Bonchev–Trinajstić information content (AvgIpc) is 2.98. The summed E-state index contributed by atoms with van der Waals surface area (Å²) in [6.07, 6.45) is 0. The number of carbonyl (C=O) groups excluding carboxylic acids is 1. The highest BCUT2D eigenvalue weighted by Gasteiger charge is 2.14. The van der Waals surface area contributed by atoms with Crippen molar-refractivity contribution in [3.05, 3.63) is 59.8 Å². The summed E-state index contributed by atoms with van der Waals surface area (Å²) in [7, 11) is 3.20. The van der Waals surface area contributed by atoms with Crippen LogP contribution in [-0.4, -0.2) is 25.0 Å². The molecule has 0 bridgehead atoms. The van der Waals surface area contributed by atoms with Crippen molar-refractivity contribution >= 4 is 16.7 Å². The van der Waals surface area contributed by atoms with Crippen molar-refractivity contribution in [1.29, 1.82) is 0 Å². The van der Waals surface area contributed by atoms with Crippen LogP contribution in [0.1, 0.15) is 16.1 Å². The fourth-order valence-corrected chi connectivity index (χ4v) is 2.35. The molecule has 0 saturated carbocycles. The first-order valence-corrected chi connectivity index (χ1v) is 6.57. The Hall–Kier alpha value is -2.75. The van der Waals surface area contributed by atoms with Gasteiger partial charge in [0.15, 0.2) is 0 Å². The van der Waals surface area contributed by atoms with E-state index in [1.165, 1.54) is 0 Å². The van der Waals surface area contributed by atoms with Crippen molar-refractivity contribution in [3.8, 4) is 11.5 Å². The number of rotatable bonds is 4. The third-order valence-corrected chi connectivity index (χ3v) is 3.42. The SMILES string of the molecule is COc1cccc(C(=O)c2cc3c(OC)cccc3[nH]2)c1. The molecule has 106 valence electrons. The molecule has 3 rings (SSSR count). The van der Waals surface area contributed by atoms with Crippen molar-refractivity contribution < 1.29 is 14.3 Å². The van der Waals surface area contributed by atoms with Crippen LogP contribution in [0.3, 0.4) is 0 Å². The molecule has 0 unspecified atom stereocenters. The van der Waals surface area contributed by atoms with Gasteiger partial charge in [0.05, 0.1) is 19.9 Å². The maximum atomic E-state index is 12.6. The van der Waals surface area contributed by atoms with E-state index < -0.39 is 0 Å². The van der Waals surface area contributed by atoms with Gasteiger partial charge in [-0.1, -0.05) is 18.2 Å². The van der Waals surface area contributed by atoms with Gasteiger partial charge in [-0.25, -0.2) is 0 Å². The maximum Gasteiger partial charge on any atom is 0.209 e. The monoisotopic (exact) mass is 281 g/mol. The molecule has 1 aromatic heterocycles. The number of nitrogens with one attached hydrogen (secondary N) is 1. The van der Waals surface area contributed by atoms with E-state index in [0.717, 1.165) is 16.7 Å². The van der Waals surface area contributed by atoms with Crippen LogP contribution in [0, 0.1) is 0 Å². The lowest BCUT2D eigenvalue weighted by atomic mass is 10.1. The number of H-pyrrole nitrogens is 1. The Balaban J connectivity index is 2.05. The minimum Gasteiger partial charge on any atom is -0.497 e. The number of carbonyl (C=O) groups is 1. The summed E-state index contributed by atoms with van der Waals surface area (Å²) in [5.74, 6) is 1.33. The van der Waals surface area contributed by atoms with E-state index in [1.807, 2.05) is 30.3 Å². The Morgan fingerprint density at radius 3 is 2.57 bits per heavy atom. The van der Waals surface area contributed by atoms with Crippen LogP contribution >= 0.6 is 0 Å². The third-order valence-electron chi connectivity index (χ3n) is 3.42. The number of ether oxygens (including phenoxy) is 2. The van der Waals surface area contributed by atoms with Crippen LogP contribution in [0.4, 0.5) is 0 Å². The van der Waals surface area contributed by atoms with Gasteiger partial charge >= 0.3 is 0 Å². The minimum atomic E-state index is -0.0767. The third kappa shape index (κ3) is 2.36. The first-order valence-electron chi connectivity index (χ1n) is 6.57. The smallest absolute Gasteiger partial charge is 0.209 e. The normalized spacial score (nSPS) is 10.6. The highest BCUT2D eigenvalue weighted by molar-refractivity contribution is 6.10. The first-order chi connectivity index (χ1) is 10.2. The second-order valence-corrected chi connectivity index (χ2v) is 4.67. The second-order valence-electron chi connectivity index (χ2n) is 4.67. The van der Waals surface area contributed by atoms with E-state index in [9.17, 15) is 4.79 Å². The van der Waals surface area contributed by atoms with Gasteiger partial charge in [0.2, 0.25) is 5.78 Å². The van der Waals surface area contributed by atoms with Gasteiger partial charge in [0, 0.05) is 16.5 Å². The van der Waals surface area contributed by atoms with Crippen molar-refractivity contribution in [1.82, 2.24) is 4.98 Å². The number of ketones is 1. The van der Waals surface area contributed by atoms with Crippen LogP contribution in [0.2, 0.25) is 0 Å².